The third kappa shape index (κ3) is 3.59. The van der Waals surface area contributed by atoms with Gasteiger partial charge in [-0.05, 0) is 37.8 Å². The molecule has 0 heterocycles. The quantitative estimate of drug-likeness (QED) is 0.805. The summed E-state index contributed by atoms with van der Waals surface area (Å²) in [6.07, 6.45) is 1.67. The van der Waals surface area contributed by atoms with Gasteiger partial charge in [0.1, 0.15) is 0 Å². The molecule has 0 amide bonds. The van der Waals surface area contributed by atoms with E-state index in [1.165, 1.54) is 15.4 Å². The molecule has 4 nitrogen and oxygen atoms in total. The summed E-state index contributed by atoms with van der Waals surface area (Å²) >= 11 is 0. The van der Waals surface area contributed by atoms with Crippen molar-refractivity contribution in [2.45, 2.75) is 38.8 Å². The molecule has 0 unspecified atom stereocenters. The van der Waals surface area contributed by atoms with E-state index in [9.17, 15) is 8.42 Å². The minimum atomic E-state index is -3.25. The van der Waals surface area contributed by atoms with Gasteiger partial charge in [-0.1, -0.05) is 24.3 Å². The summed E-state index contributed by atoms with van der Waals surface area (Å²) in [5.74, 6) is 0.0501. The van der Waals surface area contributed by atoms with Gasteiger partial charge in [0.25, 0.3) is 0 Å². The molecule has 0 aliphatic heterocycles. The van der Waals surface area contributed by atoms with E-state index in [1.807, 2.05) is 26.0 Å². The zero-order valence-corrected chi connectivity index (χ0v) is 13.2. The van der Waals surface area contributed by atoms with Crippen LogP contribution in [0.4, 0.5) is 0 Å². The predicted molar refractivity (Wildman–Crippen MR) is 80.3 cm³/mol. The number of hydrogen-bond acceptors (Lipinski definition) is 3. The van der Waals surface area contributed by atoms with Crippen LogP contribution in [0.3, 0.4) is 0 Å². The maximum absolute atomic E-state index is 12.3. The van der Waals surface area contributed by atoms with Crippen LogP contribution in [0.2, 0.25) is 0 Å². The van der Waals surface area contributed by atoms with Crippen LogP contribution in [-0.2, 0) is 27.6 Å². The molecule has 0 N–H and O–H groups in total. The summed E-state index contributed by atoms with van der Waals surface area (Å²) in [7, 11) is -1.57. The van der Waals surface area contributed by atoms with Crippen molar-refractivity contribution in [2.75, 3.05) is 19.4 Å². The maximum atomic E-state index is 12.3. The average Bonchev–Trinajstić information content (AvgIpc) is 2.80. The smallest absolute Gasteiger partial charge is 0.216 e. The molecule has 0 fully saturated rings. The highest BCUT2D eigenvalue weighted by molar-refractivity contribution is 7.89. The number of ether oxygens (including phenoxy) is 1. The largest absolute Gasteiger partial charge is 0.378 e. The van der Waals surface area contributed by atoms with Crippen LogP contribution >= 0.6 is 0 Å². The van der Waals surface area contributed by atoms with E-state index in [4.69, 9.17) is 4.74 Å². The second kappa shape index (κ2) is 6.24. The van der Waals surface area contributed by atoms with Gasteiger partial charge in [-0.2, -0.15) is 0 Å². The van der Waals surface area contributed by atoms with Gasteiger partial charge in [0.05, 0.1) is 18.5 Å². The van der Waals surface area contributed by atoms with Gasteiger partial charge < -0.3 is 4.74 Å². The Morgan fingerprint density at radius 3 is 2.30 bits per heavy atom. The second-order valence-corrected chi connectivity index (χ2v) is 7.73. The number of benzene rings is 1. The molecular weight excluding hydrogens is 274 g/mol. The Balaban J connectivity index is 1.97. The Labute approximate surface area is 121 Å². The van der Waals surface area contributed by atoms with Crippen molar-refractivity contribution in [3.05, 3.63) is 35.4 Å². The topological polar surface area (TPSA) is 46.6 Å². The molecule has 0 spiro atoms. The fourth-order valence-electron chi connectivity index (χ4n) is 2.55. The van der Waals surface area contributed by atoms with Gasteiger partial charge >= 0.3 is 0 Å². The van der Waals surface area contributed by atoms with Crippen molar-refractivity contribution in [1.82, 2.24) is 4.31 Å². The lowest BCUT2D eigenvalue weighted by Crippen LogP contribution is -2.40. The first-order chi connectivity index (χ1) is 9.40. The van der Waals surface area contributed by atoms with E-state index in [0.717, 1.165) is 12.8 Å². The van der Waals surface area contributed by atoms with Crippen molar-refractivity contribution < 1.29 is 13.2 Å². The molecule has 5 heteroatoms. The van der Waals surface area contributed by atoms with E-state index < -0.39 is 10.0 Å². The summed E-state index contributed by atoms with van der Waals surface area (Å²) in [5, 5.41) is 0. The fraction of sp³-hybridized carbons (Fsp3) is 0.600. The first kappa shape index (κ1) is 15.5. The third-order valence-corrected chi connectivity index (χ3v) is 5.63. The summed E-state index contributed by atoms with van der Waals surface area (Å²) in [6.45, 7) is 4.07. The van der Waals surface area contributed by atoms with Crippen molar-refractivity contribution in [3.8, 4) is 0 Å². The Morgan fingerprint density at radius 2 is 1.80 bits per heavy atom. The van der Waals surface area contributed by atoms with E-state index in [-0.39, 0.29) is 24.5 Å². The number of fused-ring (bicyclic) bond motifs is 1. The lowest BCUT2D eigenvalue weighted by Gasteiger charge is -2.23. The molecule has 0 atom stereocenters. The SMILES string of the molecule is CC(C)OCCS(=O)(=O)N(C)C1Cc2ccccc2C1. The third-order valence-electron chi connectivity index (χ3n) is 3.77. The Morgan fingerprint density at radius 1 is 1.25 bits per heavy atom. The standard InChI is InChI=1S/C15H23NO3S/c1-12(2)19-8-9-20(17,18)16(3)15-10-13-6-4-5-7-14(13)11-15/h4-7,12,15H,8-11H2,1-3H3. The minimum absolute atomic E-state index is 0.0384. The lowest BCUT2D eigenvalue weighted by molar-refractivity contribution is 0.0906. The summed E-state index contributed by atoms with van der Waals surface area (Å²) in [5.41, 5.74) is 2.52. The van der Waals surface area contributed by atoms with Crippen molar-refractivity contribution >= 4 is 10.0 Å². The van der Waals surface area contributed by atoms with Gasteiger partial charge in [0.2, 0.25) is 10.0 Å². The minimum Gasteiger partial charge on any atom is -0.378 e. The van der Waals surface area contributed by atoms with Crippen LogP contribution in [0.25, 0.3) is 0 Å². The van der Waals surface area contributed by atoms with Crippen LogP contribution < -0.4 is 0 Å². The lowest BCUT2D eigenvalue weighted by atomic mass is 10.1. The van der Waals surface area contributed by atoms with Crippen molar-refractivity contribution in [2.24, 2.45) is 0 Å². The van der Waals surface area contributed by atoms with Gasteiger partial charge in [-0.25, -0.2) is 12.7 Å². The molecule has 0 radical (unpaired) electrons. The Bertz CT molecular complexity index is 529. The molecule has 1 aliphatic rings. The number of nitrogens with zero attached hydrogens (tertiary/aromatic N) is 1. The Kier molecular flexibility index (Phi) is 4.83. The monoisotopic (exact) mass is 297 g/mol. The van der Waals surface area contributed by atoms with Crippen LogP contribution in [0.1, 0.15) is 25.0 Å². The second-order valence-electron chi connectivity index (χ2n) is 5.58. The van der Waals surface area contributed by atoms with Gasteiger partial charge in [0.15, 0.2) is 0 Å². The number of rotatable bonds is 6. The molecule has 0 saturated heterocycles. The van der Waals surface area contributed by atoms with Crippen LogP contribution in [0.5, 0.6) is 0 Å². The zero-order chi connectivity index (χ0) is 14.8. The molecule has 0 aromatic heterocycles. The van der Waals surface area contributed by atoms with E-state index in [2.05, 4.69) is 12.1 Å². The molecule has 2 rings (SSSR count). The first-order valence-corrected chi connectivity index (χ1v) is 8.65. The van der Waals surface area contributed by atoms with E-state index in [1.54, 1.807) is 7.05 Å². The highest BCUT2D eigenvalue weighted by atomic mass is 32.2. The van der Waals surface area contributed by atoms with Gasteiger partial charge in [0, 0.05) is 13.1 Å². The normalized spacial score (nSPS) is 16.1. The molecule has 112 valence electrons. The summed E-state index contributed by atoms with van der Waals surface area (Å²) < 4.78 is 31.5. The molecule has 20 heavy (non-hydrogen) atoms. The molecular formula is C15H23NO3S. The van der Waals surface area contributed by atoms with Crippen LogP contribution in [0.15, 0.2) is 24.3 Å². The molecule has 1 aromatic carbocycles. The molecule has 0 bridgehead atoms. The molecule has 1 aliphatic carbocycles. The summed E-state index contributed by atoms with van der Waals surface area (Å²) in [6, 6.07) is 8.21. The fourth-order valence-corrected chi connectivity index (χ4v) is 3.75. The number of hydrogen-bond donors (Lipinski definition) is 0. The van der Waals surface area contributed by atoms with Gasteiger partial charge in [-0.3, -0.25) is 0 Å². The predicted octanol–water partition coefficient (Wildman–Crippen LogP) is 1.84. The van der Waals surface area contributed by atoms with E-state index in [0.29, 0.717) is 0 Å². The van der Waals surface area contributed by atoms with Crippen molar-refractivity contribution in [1.29, 1.82) is 0 Å². The molecule has 1 aromatic rings. The average molecular weight is 297 g/mol. The van der Waals surface area contributed by atoms with Crippen LogP contribution in [-0.4, -0.2) is 44.3 Å². The Hall–Kier alpha value is -0.910. The zero-order valence-electron chi connectivity index (χ0n) is 12.4. The maximum Gasteiger partial charge on any atom is 0.216 e. The number of sulfonamides is 1. The highest BCUT2D eigenvalue weighted by Gasteiger charge is 2.31. The highest BCUT2D eigenvalue weighted by Crippen LogP contribution is 2.26. The molecule has 0 saturated carbocycles. The van der Waals surface area contributed by atoms with E-state index >= 15 is 0 Å². The van der Waals surface area contributed by atoms with Gasteiger partial charge in [-0.15, -0.1) is 0 Å². The first-order valence-electron chi connectivity index (χ1n) is 7.04. The van der Waals surface area contributed by atoms with Crippen LogP contribution in [0, 0.1) is 0 Å². The number of likely N-dealkylation sites (N-methyl/N-ethyl adjacent to an activating group) is 1. The summed E-state index contributed by atoms with van der Waals surface area (Å²) in [4.78, 5) is 0. The van der Waals surface area contributed by atoms with Crippen molar-refractivity contribution in [3.63, 3.8) is 0 Å².